The number of benzene rings is 1. The van der Waals surface area contributed by atoms with Gasteiger partial charge in [0, 0.05) is 11.9 Å². The first-order chi connectivity index (χ1) is 7.77. The van der Waals surface area contributed by atoms with Crippen molar-refractivity contribution in [3.05, 3.63) is 30.5 Å². The molecule has 1 aromatic heterocycles. The van der Waals surface area contributed by atoms with Crippen LogP contribution < -0.4 is 5.73 Å². The molecule has 0 saturated carbocycles. The third-order valence-electron chi connectivity index (χ3n) is 2.59. The van der Waals surface area contributed by atoms with E-state index in [9.17, 15) is 0 Å². The minimum Gasteiger partial charge on any atom is -0.393 e. The van der Waals surface area contributed by atoms with E-state index in [-0.39, 0.29) is 0 Å². The first kappa shape index (κ1) is 11.1. The van der Waals surface area contributed by atoms with E-state index in [1.165, 1.54) is 10.9 Å². The van der Waals surface area contributed by atoms with Crippen molar-refractivity contribution >= 4 is 28.1 Å². The first-order valence-corrected chi connectivity index (χ1v) is 5.87. The van der Waals surface area contributed by atoms with Gasteiger partial charge in [-0.2, -0.15) is 5.10 Å². The van der Waals surface area contributed by atoms with E-state index < -0.39 is 0 Å². The highest BCUT2D eigenvalue weighted by Crippen LogP contribution is 2.13. The first-order valence-electron chi connectivity index (χ1n) is 5.46. The number of nitrogens with zero attached hydrogens (tertiary/aromatic N) is 2. The third kappa shape index (κ3) is 2.58. The standard InChI is InChI=1S/C12H15N3S/c13-12(16)7-3-4-8-15-11-6-2-1-5-10(11)9-14-15/h1-2,5-6,9H,3-4,7-8H2,(H2,13,16). The lowest BCUT2D eigenvalue weighted by Crippen LogP contribution is -2.08. The molecule has 1 aromatic carbocycles. The Labute approximate surface area is 100 Å². The van der Waals surface area contributed by atoms with Crippen LogP contribution >= 0.6 is 12.2 Å². The van der Waals surface area contributed by atoms with Crippen LogP contribution in [0.4, 0.5) is 0 Å². The summed E-state index contributed by atoms with van der Waals surface area (Å²) in [5, 5.41) is 5.56. The van der Waals surface area contributed by atoms with Gasteiger partial charge in [-0.1, -0.05) is 30.4 Å². The summed E-state index contributed by atoms with van der Waals surface area (Å²) in [4.78, 5) is 0.602. The maximum Gasteiger partial charge on any atom is 0.0727 e. The van der Waals surface area contributed by atoms with Crippen LogP contribution in [-0.4, -0.2) is 14.8 Å². The summed E-state index contributed by atoms with van der Waals surface area (Å²) >= 11 is 4.84. The molecule has 2 aromatic rings. The highest BCUT2D eigenvalue weighted by atomic mass is 32.1. The largest absolute Gasteiger partial charge is 0.393 e. The number of thiocarbonyl (C=S) groups is 1. The zero-order chi connectivity index (χ0) is 11.4. The van der Waals surface area contributed by atoms with Gasteiger partial charge < -0.3 is 5.73 Å². The fourth-order valence-electron chi connectivity index (χ4n) is 1.76. The number of hydrogen-bond donors (Lipinski definition) is 1. The van der Waals surface area contributed by atoms with Crippen LogP contribution in [0.1, 0.15) is 19.3 Å². The Morgan fingerprint density at radius 2 is 2.12 bits per heavy atom. The van der Waals surface area contributed by atoms with Crippen LogP contribution in [0.15, 0.2) is 30.5 Å². The molecule has 16 heavy (non-hydrogen) atoms. The van der Waals surface area contributed by atoms with Crippen LogP contribution in [0.3, 0.4) is 0 Å². The quantitative estimate of drug-likeness (QED) is 0.637. The number of nitrogens with two attached hydrogens (primary N) is 1. The number of unbranched alkanes of at least 4 members (excludes halogenated alkanes) is 1. The molecule has 0 unspecified atom stereocenters. The molecular weight excluding hydrogens is 218 g/mol. The molecule has 0 bridgehead atoms. The Kier molecular flexibility index (Phi) is 3.51. The van der Waals surface area contributed by atoms with Crippen LogP contribution in [0, 0.1) is 0 Å². The molecule has 0 aliphatic rings. The summed E-state index contributed by atoms with van der Waals surface area (Å²) in [5.41, 5.74) is 6.64. The summed E-state index contributed by atoms with van der Waals surface area (Å²) in [6.45, 7) is 0.927. The van der Waals surface area contributed by atoms with Crippen molar-refractivity contribution in [2.75, 3.05) is 0 Å². The number of para-hydroxylation sites is 1. The van der Waals surface area contributed by atoms with Gasteiger partial charge in [-0.15, -0.1) is 0 Å². The summed E-state index contributed by atoms with van der Waals surface area (Å²) in [6, 6.07) is 8.24. The maximum atomic E-state index is 5.45. The molecule has 3 nitrogen and oxygen atoms in total. The van der Waals surface area contributed by atoms with Crippen molar-refractivity contribution < 1.29 is 0 Å². The fourth-order valence-corrected chi connectivity index (χ4v) is 1.91. The molecule has 0 aliphatic heterocycles. The van der Waals surface area contributed by atoms with Gasteiger partial charge >= 0.3 is 0 Å². The second-order valence-electron chi connectivity index (χ2n) is 3.85. The van der Waals surface area contributed by atoms with Crippen LogP contribution in [0.2, 0.25) is 0 Å². The zero-order valence-electron chi connectivity index (χ0n) is 9.10. The van der Waals surface area contributed by atoms with Gasteiger partial charge in [-0.05, 0) is 25.3 Å². The lowest BCUT2D eigenvalue weighted by Gasteiger charge is -2.03. The lowest BCUT2D eigenvalue weighted by atomic mass is 10.2. The average molecular weight is 233 g/mol. The van der Waals surface area contributed by atoms with E-state index >= 15 is 0 Å². The Bertz CT molecular complexity index is 490. The third-order valence-corrected chi connectivity index (χ3v) is 2.80. The topological polar surface area (TPSA) is 43.8 Å². The summed E-state index contributed by atoms with van der Waals surface area (Å²) in [6.07, 6.45) is 4.82. The van der Waals surface area contributed by atoms with E-state index in [2.05, 4.69) is 17.2 Å². The predicted molar refractivity (Wildman–Crippen MR) is 70.4 cm³/mol. The van der Waals surface area contributed by atoms with Crippen LogP contribution in [0.25, 0.3) is 10.9 Å². The SMILES string of the molecule is NC(=S)CCCCn1ncc2ccccc21. The van der Waals surface area contributed by atoms with E-state index in [4.69, 9.17) is 18.0 Å². The van der Waals surface area contributed by atoms with E-state index in [0.29, 0.717) is 4.99 Å². The fraction of sp³-hybridized carbons (Fsp3) is 0.333. The normalized spacial score (nSPS) is 10.8. The molecule has 2 rings (SSSR count). The molecule has 0 saturated heterocycles. The molecule has 0 amide bonds. The van der Waals surface area contributed by atoms with Crippen molar-refractivity contribution in [1.82, 2.24) is 9.78 Å². The summed E-state index contributed by atoms with van der Waals surface area (Å²) in [5.74, 6) is 0. The summed E-state index contributed by atoms with van der Waals surface area (Å²) in [7, 11) is 0. The van der Waals surface area contributed by atoms with Gasteiger partial charge in [0.2, 0.25) is 0 Å². The molecule has 0 fully saturated rings. The van der Waals surface area contributed by atoms with Crippen molar-refractivity contribution in [3.8, 4) is 0 Å². The van der Waals surface area contributed by atoms with Gasteiger partial charge in [-0.25, -0.2) is 0 Å². The van der Waals surface area contributed by atoms with Gasteiger partial charge in [0.1, 0.15) is 0 Å². The molecule has 0 atom stereocenters. The second-order valence-corrected chi connectivity index (χ2v) is 4.37. The molecular formula is C12H15N3S. The van der Waals surface area contributed by atoms with Gasteiger partial charge in [0.15, 0.2) is 0 Å². The van der Waals surface area contributed by atoms with Crippen LogP contribution in [-0.2, 0) is 6.54 Å². The van der Waals surface area contributed by atoms with Crippen molar-refractivity contribution in [3.63, 3.8) is 0 Å². The average Bonchev–Trinajstić information content (AvgIpc) is 2.68. The molecule has 84 valence electrons. The monoisotopic (exact) mass is 233 g/mol. The number of rotatable bonds is 5. The molecule has 2 N–H and O–H groups in total. The Balaban J connectivity index is 1.97. The predicted octanol–water partition coefficient (Wildman–Crippen LogP) is 2.49. The Morgan fingerprint density at radius 1 is 1.31 bits per heavy atom. The second kappa shape index (κ2) is 5.07. The maximum absolute atomic E-state index is 5.45. The van der Waals surface area contributed by atoms with E-state index in [0.717, 1.165) is 25.8 Å². The number of aromatic nitrogens is 2. The smallest absolute Gasteiger partial charge is 0.0727 e. The minimum atomic E-state index is 0.602. The highest BCUT2D eigenvalue weighted by Gasteiger charge is 2.00. The molecule has 0 radical (unpaired) electrons. The number of fused-ring (bicyclic) bond motifs is 1. The molecule has 0 spiro atoms. The number of hydrogen-bond acceptors (Lipinski definition) is 2. The number of aryl methyl sites for hydroxylation is 1. The minimum absolute atomic E-state index is 0.602. The zero-order valence-corrected chi connectivity index (χ0v) is 9.91. The van der Waals surface area contributed by atoms with Crippen molar-refractivity contribution in [1.29, 1.82) is 0 Å². The summed E-state index contributed by atoms with van der Waals surface area (Å²) < 4.78 is 2.04. The molecule has 0 aliphatic carbocycles. The van der Waals surface area contributed by atoms with Gasteiger partial charge in [-0.3, -0.25) is 4.68 Å². The van der Waals surface area contributed by atoms with Gasteiger partial charge in [0.05, 0.1) is 16.7 Å². The van der Waals surface area contributed by atoms with Crippen LogP contribution in [0.5, 0.6) is 0 Å². The van der Waals surface area contributed by atoms with E-state index in [1.54, 1.807) is 0 Å². The Morgan fingerprint density at radius 3 is 2.94 bits per heavy atom. The molecule has 4 heteroatoms. The lowest BCUT2D eigenvalue weighted by molar-refractivity contribution is 0.580. The molecule has 1 heterocycles. The van der Waals surface area contributed by atoms with Gasteiger partial charge in [0.25, 0.3) is 0 Å². The van der Waals surface area contributed by atoms with Crippen molar-refractivity contribution in [2.24, 2.45) is 5.73 Å². The highest BCUT2D eigenvalue weighted by molar-refractivity contribution is 7.80. The Hall–Kier alpha value is -1.42. The van der Waals surface area contributed by atoms with E-state index in [1.807, 2.05) is 23.0 Å². The van der Waals surface area contributed by atoms with Crippen molar-refractivity contribution in [2.45, 2.75) is 25.8 Å².